The maximum Gasteiger partial charge on any atom is 0.130 e. The smallest absolute Gasteiger partial charge is 0.130 e. The van der Waals surface area contributed by atoms with E-state index in [2.05, 4.69) is 31.7 Å². The summed E-state index contributed by atoms with van der Waals surface area (Å²) in [5.41, 5.74) is 3.50. The zero-order valence-corrected chi connectivity index (χ0v) is 9.90. The topological polar surface area (TPSA) is 57.2 Å². The minimum Gasteiger partial charge on any atom is -0.338 e. The van der Waals surface area contributed by atoms with Crippen LogP contribution in [0.1, 0.15) is 0 Å². The van der Waals surface area contributed by atoms with Crippen LogP contribution in [0.15, 0.2) is 47.1 Å². The second kappa shape index (κ2) is 4.96. The Morgan fingerprint density at radius 1 is 1.06 bits per heavy atom. The highest BCUT2D eigenvalue weighted by Gasteiger charge is 2.01. The van der Waals surface area contributed by atoms with Gasteiger partial charge in [0.2, 0.25) is 0 Å². The van der Waals surface area contributed by atoms with Crippen molar-refractivity contribution in [2.45, 2.75) is 0 Å². The van der Waals surface area contributed by atoms with Crippen LogP contribution in [0.5, 0.6) is 0 Å². The first-order valence-corrected chi connectivity index (χ1v) is 5.46. The number of benzene rings is 1. The Hall–Kier alpha value is -1.59. The summed E-state index contributed by atoms with van der Waals surface area (Å²) in [6.45, 7) is 0. The van der Waals surface area contributed by atoms with E-state index >= 15 is 0 Å². The Morgan fingerprint density at radius 2 is 1.81 bits per heavy atom. The zero-order valence-electron chi connectivity index (χ0n) is 8.31. The summed E-state index contributed by atoms with van der Waals surface area (Å²) in [5.74, 6) is 0.714. The lowest BCUT2D eigenvalue weighted by atomic mass is 10.2. The summed E-state index contributed by atoms with van der Waals surface area (Å²) in [6, 6.07) is 11.1. The highest BCUT2D eigenvalue weighted by Crippen LogP contribution is 2.23. The standard InChI is InChI=1S/C11H10BrN3O/c12-8-5-6-11(13-7-8)14-9-3-1-2-4-10(9)15-16/h1-7,15-16H,(H,13,14). The van der Waals surface area contributed by atoms with E-state index in [1.165, 1.54) is 0 Å². The van der Waals surface area contributed by atoms with Crippen molar-refractivity contribution >= 4 is 33.1 Å². The summed E-state index contributed by atoms with van der Waals surface area (Å²) in [5, 5.41) is 12.0. The SMILES string of the molecule is ONc1ccccc1Nc1ccc(Br)cn1. The molecule has 0 amide bonds. The van der Waals surface area contributed by atoms with Gasteiger partial charge in [-0.15, -0.1) is 0 Å². The predicted octanol–water partition coefficient (Wildman–Crippen LogP) is 3.39. The van der Waals surface area contributed by atoms with Crippen LogP contribution in [-0.4, -0.2) is 10.2 Å². The van der Waals surface area contributed by atoms with Crippen LogP contribution in [0.25, 0.3) is 0 Å². The minimum atomic E-state index is 0.604. The van der Waals surface area contributed by atoms with Gasteiger partial charge in [-0.25, -0.2) is 4.98 Å². The van der Waals surface area contributed by atoms with Gasteiger partial charge < -0.3 is 5.32 Å². The Labute approximate surface area is 101 Å². The molecule has 82 valence electrons. The van der Waals surface area contributed by atoms with E-state index in [1.54, 1.807) is 12.3 Å². The molecule has 0 aliphatic rings. The molecule has 0 fully saturated rings. The summed E-state index contributed by atoms with van der Waals surface area (Å²) < 4.78 is 0.923. The number of pyridine rings is 1. The Balaban J connectivity index is 2.23. The molecule has 0 saturated carbocycles. The summed E-state index contributed by atoms with van der Waals surface area (Å²) in [4.78, 5) is 4.18. The molecule has 1 aromatic heterocycles. The predicted molar refractivity (Wildman–Crippen MR) is 67.1 cm³/mol. The first-order valence-electron chi connectivity index (χ1n) is 4.67. The molecule has 1 heterocycles. The van der Waals surface area contributed by atoms with Gasteiger partial charge >= 0.3 is 0 Å². The van der Waals surface area contributed by atoms with Gasteiger partial charge in [-0.3, -0.25) is 10.7 Å². The number of nitrogens with one attached hydrogen (secondary N) is 2. The third-order valence-corrected chi connectivity index (χ3v) is 2.51. The lowest BCUT2D eigenvalue weighted by Crippen LogP contribution is -1.98. The molecule has 0 aliphatic heterocycles. The molecule has 3 N–H and O–H groups in total. The number of halogens is 1. The molecule has 16 heavy (non-hydrogen) atoms. The Morgan fingerprint density at radius 3 is 2.44 bits per heavy atom. The van der Waals surface area contributed by atoms with Crippen molar-refractivity contribution in [3.05, 3.63) is 47.1 Å². The fraction of sp³-hybridized carbons (Fsp3) is 0. The van der Waals surface area contributed by atoms with Crippen LogP contribution in [0.2, 0.25) is 0 Å². The van der Waals surface area contributed by atoms with Gasteiger partial charge in [0.05, 0.1) is 11.4 Å². The van der Waals surface area contributed by atoms with Gasteiger partial charge in [-0.05, 0) is 40.2 Å². The second-order valence-electron chi connectivity index (χ2n) is 3.14. The van der Waals surface area contributed by atoms with Crippen LogP contribution in [-0.2, 0) is 0 Å². The zero-order chi connectivity index (χ0) is 11.4. The number of anilines is 3. The van der Waals surface area contributed by atoms with Crippen LogP contribution in [0.3, 0.4) is 0 Å². The van der Waals surface area contributed by atoms with Gasteiger partial charge in [0.1, 0.15) is 5.82 Å². The van der Waals surface area contributed by atoms with Crippen molar-refractivity contribution in [1.82, 2.24) is 4.98 Å². The molecule has 0 aliphatic carbocycles. The van der Waals surface area contributed by atoms with Crippen molar-refractivity contribution in [2.75, 3.05) is 10.8 Å². The van der Waals surface area contributed by atoms with Crippen LogP contribution >= 0.6 is 15.9 Å². The maximum atomic E-state index is 8.92. The molecule has 1 aromatic carbocycles. The molecule has 2 rings (SSSR count). The second-order valence-corrected chi connectivity index (χ2v) is 4.06. The van der Waals surface area contributed by atoms with Gasteiger partial charge in [-0.2, -0.15) is 0 Å². The fourth-order valence-corrected chi connectivity index (χ4v) is 1.51. The molecule has 4 nitrogen and oxygen atoms in total. The third kappa shape index (κ3) is 2.50. The highest BCUT2D eigenvalue weighted by atomic mass is 79.9. The van der Waals surface area contributed by atoms with E-state index < -0.39 is 0 Å². The minimum absolute atomic E-state index is 0.604. The van der Waals surface area contributed by atoms with Crippen molar-refractivity contribution in [2.24, 2.45) is 0 Å². The fourth-order valence-electron chi connectivity index (χ4n) is 1.28. The number of aromatic nitrogens is 1. The molecular weight excluding hydrogens is 270 g/mol. The highest BCUT2D eigenvalue weighted by molar-refractivity contribution is 9.10. The van der Waals surface area contributed by atoms with Crippen LogP contribution in [0.4, 0.5) is 17.2 Å². The Bertz CT molecular complexity index is 473. The van der Waals surface area contributed by atoms with E-state index in [9.17, 15) is 0 Å². The van der Waals surface area contributed by atoms with E-state index in [4.69, 9.17) is 5.21 Å². The lowest BCUT2D eigenvalue weighted by Gasteiger charge is -2.09. The van der Waals surface area contributed by atoms with E-state index in [1.807, 2.05) is 30.3 Å². The van der Waals surface area contributed by atoms with Crippen molar-refractivity contribution in [3.8, 4) is 0 Å². The largest absolute Gasteiger partial charge is 0.338 e. The average Bonchev–Trinajstić information content (AvgIpc) is 2.33. The first kappa shape index (κ1) is 10.9. The number of rotatable bonds is 3. The van der Waals surface area contributed by atoms with Gasteiger partial charge in [0, 0.05) is 10.7 Å². The van der Waals surface area contributed by atoms with Gasteiger partial charge in [0.25, 0.3) is 0 Å². The molecule has 2 aromatic rings. The van der Waals surface area contributed by atoms with Crippen molar-refractivity contribution in [1.29, 1.82) is 0 Å². The molecule has 0 saturated heterocycles. The van der Waals surface area contributed by atoms with Gasteiger partial charge in [-0.1, -0.05) is 12.1 Å². The van der Waals surface area contributed by atoms with E-state index in [0.29, 0.717) is 11.5 Å². The molecule has 0 radical (unpaired) electrons. The first-order chi connectivity index (χ1) is 7.79. The molecule has 0 bridgehead atoms. The summed E-state index contributed by atoms with van der Waals surface area (Å²) >= 11 is 3.32. The summed E-state index contributed by atoms with van der Waals surface area (Å²) in [6.07, 6.45) is 1.71. The number of para-hydroxylation sites is 2. The average molecular weight is 280 g/mol. The van der Waals surface area contributed by atoms with Crippen molar-refractivity contribution < 1.29 is 5.21 Å². The Kier molecular flexibility index (Phi) is 3.38. The normalized spacial score (nSPS) is 9.88. The summed E-state index contributed by atoms with van der Waals surface area (Å²) in [7, 11) is 0. The molecule has 0 spiro atoms. The monoisotopic (exact) mass is 279 g/mol. The molecule has 0 unspecified atom stereocenters. The van der Waals surface area contributed by atoms with E-state index in [-0.39, 0.29) is 0 Å². The van der Waals surface area contributed by atoms with Gasteiger partial charge in [0.15, 0.2) is 0 Å². The quantitative estimate of drug-likeness (QED) is 0.754. The number of nitrogens with zero attached hydrogens (tertiary/aromatic N) is 1. The number of hydrogen-bond donors (Lipinski definition) is 3. The lowest BCUT2D eigenvalue weighted by molar-refractivity contribution is 0.389. The molecular formula is C11H10BrN3O. The molecule has 0 atom stereocenters. The van der Waals surface area contributed by atoms with Crippen LogP contribution < -0.4 is 10.8 Å². The third-order valence-electron chi connectivity index (χ3n) is 2.04. The van der Waals surface area contributed by atoms with E-state index in [0.717, 1.165) is 10.2 Å². The maximum absolute atomic E-state index is 8.92. The van der Waals surface area contributed by atoms with Crippen LogP contribution in [0, 0.1) is 0 Å². The molecule has 5 heteroatoms. The number of hydrogen-bond acceptors (Lipinski definition) is 4. The van der Waals surface area contributed by atoms with Crippen molar-refractivity contribution in [3.63, 3.8) is 0 Å².